The third kappa shape index (κ3) is 16.7. The molecular formula is C73H81O14PSi. The smallest absolute Gasteiger partial charge is 0.337 e. The van der Waals surface area contributed by atoms with Crippen LogP contribution >= 0.6 is 7.60 Å². The molecule has 10 rings (SSSR count). The molecule has 0 unspecified atom stereocenters. The van der Waals surface area contributed by atoms with Crippen molar-refractivity contribution in [3.05, 3.63) is 276 Å². The van der Waals surface area contributed by atoms with E-state index in [0.717, 1.165) is 43.8 Å². The molecule has 2 heterocycles. The van der Waals surface area contributed by atoms with Crippen LogP contribution < -0.4 is 10.4 Å². The first-order chi connectivity index (χ1) is 43.4. The van der Waals surface area contributed by atoms with Crippen molar-refractivity contribution < 1.29 is 65.5 Å². The van der Waals surface area contributed by atoms with E-state index in [1.54, 1.807) is 0 Å². The Balaban J connectivity index is 1.15. The van der Waals surface area contributed by atoms with E-state index in [4.69, 9.17) is 56.1 Å². The molecule has 0 spiro atoms. The zero-order chi connectivity index (χ0) is 61.9. The summed E-state index contributed by atoms with van der Waals surface area (Å²) in [4.78, 5) is 15.4. The van der Waals surface area contributed by atoms with Gasteiger partial charge in [0.1, 0.15) is 55.5 Å². The molecule has 2 aliphatic heterocycles. The van der Waals surface area contributed by atoms with Crippen LogP contribution in [0.2, 0.25) is 5.04 Å². The highest BCUT2D eigenvalue weighted by molar-refractivity contribution is 7.54. The molecule has 9 atom stereocenters. The summed E-state index contributed by atoms with van der Waals surface area (Å²) in [6.45, 7) is 6.97. The van der Waals surface area contributed by atoms with Crippen LogP contribution in [0.25, 0.3) is 0 Å². The van der Waals surface area contributed by atoms with Crippen molar-refractivity contribution in [1.82, 2.24) is 0 Å². The van der Waals surface area contributed by atoms with Gasteiger partial charge in [0.25, 0.3) is 8.32 Å². The van der Waals surface area contributed by atoms with Gasteiger partial charge in [0.15, 0.2) is 12.1 Å². The van der Waals surface area contributed by atoms with Gasteiger partial charge in [0.05, 0.1) is 46.2 Å². The molecule has 0 amide bonds. The van der Waals surface area contributed by atoms with Gasteiger partial charge >= 0.3 is 7.60 Å². The highest BCUT2D eigenvalue weighted by Gasteiger charge is 2.63. The topological polar surface area (TPSA) is 145 Å². The molecule has 0 radical (unpaired) electrons. The van der Waals surface area contributed by atoms with Crippen LogP contribution in [0.15, 0.2) is 243 Å². The third-order valence-electron chi connectivity index (χ3n) is 16.2. The second-order valence-electron chi connectivity index (χ2n) is 23.3. The Labute approximate surface area is 524 Å². The second-order valence-corrected chi connectivity index (χ2v) is 29.9. The fourth-order valence-corrected chi connectivity index (χ4v) is 17.2. The summed E-state index contributed by atoms with van der Waals surface area (Å²) in [6.07, 6.45) is -10.3. The number of hydrogen-bond acceptors (Lipinski definition) is 14. The van der Waals surface area contributed by atoms with E-state index in [2.05, 4.69) is 69.3 Å². The predicted molar refractivity (Wildman–Crippen MR) is 344 cm³/mol. The maximum absolute atomic E-state index is 15.4. The number of ether oxygens (including phenoxy) is 9. The lowest BCUT2D eigenvalue weighted by Crippen LogP contribution is -2.67. The van der Waals surface area contributed by atoms with Crippen LogP contribution in [0.4, 0.5) is 0 Å². The molecular weight excluding hydrogens is 1160 g/mol. The summed E-state index contributed by atoms with van der Waals surface area (Å²) in [5.74, 6) is -2.62. The summed E-state index contributed by atoms with van der Waals surface area (Å²) < 4.78 is 98.2. The van der Waals surface area contributed by atoms with Gasteiger partial charge in [-0.15, -0.1) is 0 Å². The van der Waals surface area contributed by atoms with Crippen molar-refractivity contribution in [1.29, 1.82) is 0 Å². The standard InChI is InChI=1S/C73H81O14PSi/c1-72(2,3)89(61-42-26-12-27-43-61,62-44-28-13-29-45-62)84-52-64-66(79-47-56-32-16-7-17-33-56)70(83-51-60-40-24-11-25-41-60)73(86-64,54-78-46-55-30-14-6-15-31-55)87-71-69(82-50-59-38-22-10-23-39-59)68(81-49-58-36-20-9-21-37-58)67(80-48-57-34-18-8-19-35-57)65(85-71)63(74)53-88(75,76-4)77-5/h6-45,64-71H,46-54H2,1-5H3/t64-,65-,66-,67-,68+,69-,70+,71-,73+/m1/s1. The first kappa shape index (κ1) is 65.4. The molecule has 8 aromatic rings. The Hall–Kier alpha value is -6.60. The molecule has 89 heavy (non-hydrogen) atoms. The Bertz CT molecular complexity index is 3360. The molecule has 8 aromatic carbocycles. The molecule has 0 aromatic heterocycles. The van der Waals surface area contributed by atoms with Gasteiger partial charge in [-0.05, 0) is 48.8 Å². The van der Waals surface area contributed by atoms with E-state index in [1.807, 2.05) is 194 Å². The third-order valence-corrected chi connectivity index (χ3v) is 23.0. The summed E-state index contributed by atoms with van der Waals surface area (Å²) >= 11 is 0. The summed E-state index contributed by atoms with van der Waals surface area (Å²) in [5.41, 5.74) is 5.18. The second kappa shape index (κ2) is 31.4. The Morgan fingerprint density at radius 2 is 0.831 bits per heavy atom. The molecule has 16 heteroatoms. The molecule has 2 fully saturated rings. The van der Waals surface area contributed by atoms with Gasteiger partial charge in [-0.2, -0.15) is 0 Å². The zero-order valence-corrected chi connectivity index (χ0v) is 53.1. The van der Waals surface area contributed by atoms with E-state index in [0.29, 0.717) is 0 Å². The molecule has 0 N–H and O–H groups in total. The average molecular weight is 1240 g/mol. The highest BCUT2D eigenvalue weighted by atomic mass is 31.2. The van der Waals surface area contributed by atoms with Crippen molar-refractivity contribution in [2.75, 3.05) is 33.6 Å². The lowest BCUT2D eigenvalue weighted by molar-refractivity contribution is -0.392. The molecule has 0 saturated carbocycles. The first-order valence-corrected chi connectivity index (χ1v) is 33.9. The Morgan fingerprint density at radius 1 is 0.472 bits per heavy atom. The van der Waals surface area contributed by atoms with E-state index in [-0.39, 0.29) is 52.9 Å². The predicted octanol–water partition coefficient (Wildman–Crippen LogP) is 12.6. The largest absolute Gasteiger partial charge is 0.405 e. The number of carbonyl (C=O) groups excluding carboxylic acids is 1. The number of carbonyl (C=O) groups is 1. The van der Waals surface area contributed by atoms with Gasteiger partial charge < -0.3 is 56.1 Å². The van der Waals surface area contributed by atoms with Crippen LogP contribution in [-0.4, -0.2) is 103 Å². The van der Waals surface area contributed by atoms with Crippen LogP contribution in [0.3, 0.4) is 0 Å². The molecule has 0 bridgehead atoms. The maximum Gasteiger partial charge on any atom is 0.337 e. The first-order valence-electron chi connectivity index (χ1n) is 30.3. The van der Waals surface area contributed by atoms with Crippen LogP contribution in [0.5, 0.6) is 0 Å². The molecule has 2 saturated heterocycles. The van der Waals surface area contributed by atoms with Crippen molar-refractivity contribution in [3.63, 3.8) is 0 Å². The Morgan fingerprint density at radius 3 is 1.24 bits per heavy atom. The van der Waals surface area contributed by atoms with Gasteiger partial charge in [0, 0.05) is 14.2 Å². The minimum atomic E-state index is -4.03. The van der Waals surface area contributed by atoms with Gasteiger partial charge in [-0.3, -0.25) is 9.36 Å². The molecule has 2 aliphatic rings. The number of hydrogen-bond donors (Lipinski definition) is 0. The molecule has 466 valence electrons. The normalized spacial score (nSPS) is 22.2. The van der Waals surface area contributed by atoms with Crippen LogP contribution in [0, 0.1) is 0 Å². The minimum Gasteiger partial charge on any atom is -0.405 e. The maximum atomic E-state index is 15.4. The lowest BCUT2D eigenvalue weighted by atomic mass is 9.95. The summed E-state index contributed by atoms with van der Waals surface area (Å²) in [6, 6.07) is 79.5. The average Bonchev–Trinajstić information content (AvgIpc) is 1.75. The van der Waals surface area contributed by atoms with Crippen molar-refractivity contribution >= 4 is 32.1 Å². The van der Waals surface area contributed by atoms with Crippen molar-refractivity contribution in [2.24, 2.45) is 0 Å². The van der Waals surface area contributed by atoms with E-state index in [9.17, 15) is 4.57 Å². The number of ketones is 1. The summed E-state index contributed by atoms with van der Waals surface area (Å²) in [5, 5.41) is 1.73. The van der Waals surface area contributed by atoms with Crippen LogP contribution in [-0.2, 0) is 105 Å². The zero-order valence-electron chi connectivity index (χ0n) is 51.2. The fourth-order valence-electron chi connectivity index (χ4n) is 11.7. The van der Waals surface area contributed by atoms with Gasteiger partial charge in [-0.25, -0.2) is 0 Å². The van der Waals surface area contributed by atoms with Crippen molar-refractivity contribution in [2.45, 2.75) is 120 Å². The SMILES string of the molecule is COP(=O)(CC(=O)[C@H]1O[C@H](O[C@]2(COCc3ccccc3)O[C@H](CO[Si](c3ccccc3)(c3ccccc3)C(C)(C)C)[C@@H](OCc3ccccc3)[C@@H]2OCc2ccccc2)[C@H](OCc2ccccc2)[C@@H](OCc2ccccc2)[C@@H]1OCc1ccccc1)OC. The van der Waals surface area contributed by atoms with Crippen LogP contribution in [0.1, 0.15) is 54.2 Å². The lowest BCUT2D eigenvalue weighted by Gasteiger charge is -2.48. The van der Waals surface area contributed by atoms with E-state index < -0.39 is 87.7 Å². The monoisotopic (exact) mass is 1240 g/mol. The van der Waals surface area contributed by atoms with Crippen molar-refractivity contribution in [3.8, 4) is 0 Å². The highest BCUT2D eigenvalue weighted by Crippen LogP contribution is 2.48. The minimum absolute atomic E-state index is 0.00380. The number of benzene rings is 8. The Kier molecular flexibility index (Phi) is 23.1. The molecule has 0 aliphatic carbocycles. The quantitative estimate of drug-likeness (QED) is 0.0300. The van der Waals surface area contributed by atoms with Gasteiger partial charge in [0.2, 0.25) is 5.79 Å². The fraction of sp³-hybridized carbons (Fsp3) is 0.329. The molecule has 14 nitrogen and oxygen atoms in total. The van der Waals surface area contributed by atoms with Gasteiger partial charge in [-0.1, -0.05) is 263 Å². The van der Waals surface area contributed by atoms with E-state index >= 15 is 4.79 Å². The summed E-state index contributed by atoms with van der Waals surface area (Å²) in [7, 11) is -4.83. The van der Waals surface area contributed by atoms with E-state index in [1.165, 1.54) is 14.2 Å². The number of Topliss-reactive ketones (excluding diaryl/α,β-unsaturated/α-hetero) is 1. The number of rotatable bonds is 31.